The summed E-state index contributed by atoms with van der Waals surface area (Å²) in [5, 5.41) is 37.4. The predicted molar refractivity (Wildman–Crippen MR) is 213 cm³/mol. The lowest BCUT2D eigenvalue weighted by Gasteiger charge is -2.48. The van der Waals surface area contributed by atoms with Gasteiger partial charge in [-0.3, -0.25) is 23.7 Å². The Labute approximate surface area is 327 Å². The van der Waals surface area contributed by atoms with Gasteiger partial charge in [0.25, 0.3) is 5.91 Å². The molecule has 0 aliphatic carbocycles. The van der Waals surface area contributed by atoms with E-state index in [0.29, 0.717) is 35.7 Å². The maximum absolute atomic E-state index is 12.9. The number of ether oxygens (including phenoxy) is 1. The number of anilines is 2. The fourth-order valence-electron chi connectivity index (χ4n) is 8.38. The molecule has 3 fully saturated rings. The van der Waals surface area contributed by atoms with Crippen LogP contribution >= 0.6 is 0 Å². The van der Waals surface area contributed by atoms with Gasteiger partial charge >= 0.3 is 11.8 Å². The van der Waals surface area contributed by atoms with E-state index < -0.39 is 18.0 Å². The van der Waals surface area contributed by atoms with Crippen LogP contribution in [-0.4, -0.2) is 75.6 Å². The number of carbonyl (C=O) groups excluding carboxylic acids is 1. The normalized spacial score (nSPS) is 18.8. The number of halogens is 2. The Hall–Kier alpha value is -5.77. The van der Waals surface area contributed by atoms with E-state index in [1.54, 1.807) is 15.5 Å². The second-order valence-electron chi connectivity index (χ2n) is 14.7. The molecule has 0 radical (unpaired) electrons. The summed E-state index contributed by atoms with van der Waals surface area (Å²) < 4.78 is 12.8. The number of aromatic hydroxyl groups is 1. The third-order valence-electron chi connectivity index (χ3n) is 11.2. The first-order valence-corrected chi connectivity index (χ1v) is 19.0. The Balaban J connectivity index is 0.00000275. The highest BCUT2D eigenvalue weighted by Gasteiger charge is 2.41. The Morgan fingerprint density at radius 3 is 2.47 bits per heavy atom. The molecule has 4 aliphatic rings. The number of aliphatic hydroxyl groups is 1. The van der Waals surface area contributed by atoms with Crippen molar-refractivity contribution in [1.82, 2.24) is 14.8 Å². The van der Waals surface area contributed by atoms with Crippen molar-refractivity contribution in [3.63, 3.8) is 0 Å². The first-order valence-electron chi connectivity index (χ1n) is 19.0. The Bertz CT molecular complexity index is 2270. The zero-order chi connectivity index (χ0) is 38.1. The van der Waals surface area contributed by atoms with Crippen LogP contribution < -0.4 is 26.0 Å². The van der Waals surface area contributed by atoms with E-state index >= 15 is 0 Å². The highest BCUT2D eigenvalue weighted by Crippen LogP contribution is 2.42. The fourth-order valence-corrected chi connectivity index (χ4v) is 8.38. The van der Waals surface area contributed by atoms with Crippen LogP contribution in [0.2, 0.25) is 0 Å². The molecule has 0 unspecified atom stereocenters. The highest BCUT2D eigenvalue weighted by atomic mass is 19.0. The van der Waals surface area contributed by atoms with Gasteiger partial charge in [0.05, 0.1) is 23.3 Å². The molecule has 13 nitrogen and oxygen atoms in total. The number of aliphatic hydroxyl groups excluding tert-OH is 1. The number of oxazole rings is 1. The maximum Gasteiger partial charge on any atom is 0.419 e. The number of carbonyl (C=O) groups is 2. The molecule has 1 aromatic heterocycles. The van der Waals surface area contributed by atoms with Gasteiger partial charge in [0, 0.05) is 37.3 Å². The molecular weight excluding hydrogens is 740 g/mol. The number of amides is 2. The Morgan fingerprint density at radius 2 is 1.74 bits per heavy atom. The SMILES string of the molecule is F.F.O=C1COc2c([C@H](O)CNCc3ccc4c(c3)oc(=O)n4CCCCc3ccc(-c4ccccc4)c(N(C(=O)O)[C@H]4CN5CCC4CC5)c3)ccc(O)c2N1. The first-order chi connectivity index (χ1) is 26.7. The molecule has 2 bridgehead atoms. The lowest BCUT2D eigenvalue weighted by atomic mass is 9.82. The molecule has 2 amide bonds. The molecule has 9 rings (SSSR count). The molecule has 4 aromatic carbocycles. The largest absolute Gasteiger partial charge is 0.506 e. The quantitative estimate of drug-likeness (QED) is 0.0702. The van der Waals surface area contributed by atoms with Crippen molar-refractivity contribution < 1.29 is 43.5 Å². The number of hydrogen-bond donors (Lipinski definition) is 5. The van der Waals surface area contributed by atoms with E-state index in [2.05, 4.69) is 21.6 Å². The van der Waals surface area contributed by atoms with Gasteiger partial charge in [0.15, 0.2) is 17.9 Å². The number of unbranched alkanes of at least 4 members (excludes halogenated alkanes) is 1. The highest BCUT2D eigenvalue weighted by molar-refractivity contribution is 5.97. The average Bonchev–Trinajstić information content (AvgIpc) is 3.51. The smallest absolute Gasteiger partial charge is 0.419 e. The Kier molecular flexibility index (Phi) is 12.6. The van der Waals surface area contributed by atoms with Gasteiger partial charge < -0.3 is 40.0 Å². The second kappa shape index (κ2) is 17.6. The molecule has 5 aromatic rings. The number of aryl methyl sites for hydroxylation is 2. The lowest BCUT2D eigenvalue weighted by molar-refractivity contribution is -0.118. The molecule has 0 spiro atoms. The van der Waals surface area contributed by atoms with Crippen LogP contribution in [0.4, 0.5) is 25.6 Å². The van der Waals surface area contributed by atoms with Gasteiger partial charge in [0.1, 0.15) is 11.4 Å². The maximum atomic E-state index is 12.9. The summed E-state index contributed by atoms with van der Waals surface area (Å²) in [6.07, 6.45) is 2.39. The summed E-state index contributed by atoms with van der Waals surface area (Å²) in [6, 6.07) is 24.6. The molecule has 0 saturated carbocycles. The van der Waals surface area contributed by atoms with Crippen LogP contribution in [0.3, 0.4) is 0 Å². The van der Waals surface area contributed by atoms with E-state index in [1.165, 1.54) is 6.07 Å². The van der Waals surface area contributed by atoms with Gasteiger partial charge in [-0.1, -0.05) is 48.5 Å². The van der Waals surface area contributed by atoms with E-state index in [0.717, 1.165) is 79.7 Å². The molecule has 302 valence electrons. The van der Waals surface area contributed by atoms with Crippen molar-refractivity contribution in [2.45, 2.75) is 57.3 Å². The predicted octanol–water partition coefficient (Wildman–Crippen LogP) is 6.03. The molecule has 57 heavy (non-hydrogen) atoms. The fraction of sp³-hybridized carbons (Fsp3) is 0.357. The van der Waals surface area contributed by atoms with Crippen LogP contribution in [0, 0.1) is 5.92 Å². The number of phenols is 1. The third-order valence-corrected chi connectivity index (χ3v) is 11.2. The molecule has 15 heteroatoms. The third kappa shape index (κ3) is 8.50. The van der Waals surface area contributed by atoms with Gasteiger partial charge in [-0.05, 0) is 98.1 Å². The number of phenolic OH excluding ortho intramolecular Hbond substituents is 1. The number of hydrogen-bond acceptors (Lipinski definition) is 9. The molecule has 5 N–H and O–H groups in total. The van der Waals surface area contributed by atoms with E-state index in [-0.39, 0.29) is 51.7 Å². The van der Waals surface area contributed by atoms with Crippen LogP contribution in [0.5, 0.6) is 11.5 Å². The Morgan fingerprint density at radius 1 is 0.965 bits per heavy atom. The van der Waals surface area contributed by atoms with Crippen molar-refractivity contribution in [3.05, 3.63) is 106 Å². The average molecular weight is 788 g/mol. The minimum absolute atomic E-state index is 0. The van der Waals surface area contributed by atoms with Gasteiger partial charge in [-0.25, -0.2) is 9.59 Å². The van der Waals surface area contributed by atoms with Crippen molar-refractivity contribution in [2.75, 3.05) is 43.0 Å². The monoisotopic (exact) mass is 787 g/mol. The minimum atomic E-state index is -0.971. The number of nitrogens with one attached hydrogen (secondary N) is 2. The van der Waals surface area contributed by atoms with Crippen LogP contribution in [0.1, 0.15) is 48.5 Å². The standard InChI is InChI=1S/C42H45N5O8.2FH/c48-35-14-12-31(40-39(35)44-38(50)25-54-40)36(49)23-43-22-27-10-13-32-37(21-27)55-42(53)46(32)17-5-4-6-26-9-11-30(28-7-2-1-3-8-28)33(20-26)47(41(51)52)34-24-45-18-15-29(34)16-19-45;;/h1-3,7-14,20-21,29,34,36,43,48-49H,4-6,15-19,22-25H2,(H,44,50)(H,51,52);2*1H/t34-,36+;;/m0../s1. The topological polar surface area (TPSA) is 170 Å². The number of nitrogens with zero attached hydrogens (tertiary/aromatic N) is 3. The number of aromatic nitrogens is 1. The van der Waals surface area contributed by atoms with E-state index in [1.807, 2.05) is 60.7 Å². The van der Waals surface area contributed by atoms with Crippen molar-refractivity contribution in [3.8, 4) is 22.6 Å². The number of piperidine rings is 3. The lowest BCUT2D eigenvalue weighted by Crippen LogP contribution is -2.59. The zero-order valence-electron chi connectivity index (χ0n) is 31.3. The summed E-state index contributed by atoms with van der Waals surface area (Å²) in [4.78, 5) is 41.6. The summed E-state index contributed by atoms with van der Waals surface area (Å²) in [7, 11) is 0. The van der Waals surface area contributed by atoms with E-state index in [9.17, 15) is 29.7 Å². The number of rotatable bonds is 13. The van der Waals surface area contributed by atoms with Crippen molar-refractivity contribution >= 4 is 34.5 Å². The molecule has 4 aliphatic heterocycles. The molecule has 3 saturated heterocycles. The summed E-state index contributed by atoms with van der Waals surface area (Å²) in [5.74, 6) is -0.355. The first kappa shape index (κ1) is 40.9. The van der Waals surface area contributed by atoms with Crippen molar-refractivity contribution in [2.24, 2.45) is 5.92 Å². The number of benzene rings is 4. The van der Waals surface area contributed by atoms with Crippen molar-refractivity contribution in [1.29, 1.82) is 0 Å². The van der Waals surface area contributed by atoms with Gasteiger partial charge in [-0.2, -0.15) is 0 Å². The van der Waals surface area contributed by atoms with Crippen LogP contribution in [0.15, 0.2) is 88.1 Å². The zero-order valence-corrected chi connectivity index (χ0v) is 31.3. The summed E-state index contributed by atoms with van der Waals surface area (Å²) in [5.41, 5.74) is 6.30. The van der Waals surface area contributed by atoms with Crippen LogP contribution in [-0.2, 0) is 24.3 Å². The van der Waals surface area contributed by atoms with Gasteiger partial charge in [0.2, 0.25) is 0 Å². The number of carboxylic acid groups (broad SMARTS) is 1. The molecular formula is C42H47F2N5O8. The minimum Gasteiger partial charge on any atom is -0.506 e. The van der Waals surface area contributed by atoms with Crippen LogP contribution in [0.25, 0.3) is 22.2 Å². The molecule has 5 heterocycles. The second-order valence-corrected chi connectivity index (χ2v) is 14.7. The summed E-state index contributed by atoms with van der Waals surface area (Å²) >= 11 is 0. The van der Waals surface area contributed by atoms with E-state index in [4.69, 9.17) is 9.15 Å². The summed E-state index contributed by atoms with van der Waals surface area (Å²) in [6.45, 7) is 3.65. The van der Waals surface area contributed by atoms with Gasteiger partial charge in [-0.15, -0.1) is 0 Å². The number of fused-ring (bicyclic) bond motifs is 5. The molecule has 2 atom stereocenters.